The number of para-hydroxylation sites is 1. The second-order valence-electron chi connectivity index (χ2n) is 5.98. The Labute approximate surface area is 146 Å². The van der Waals surface area contributed by atoms with E-state index in [0.29, 0.717) is 12.6 Å². The van der Waals surface area contributed by atoms with Crippen LogP contribution in [0.3, 0.4) is 0 Å². The number of piperazine rings is 1. The number of nitrogens with one attached hydrogen (secondary N) is 2. The van der Waals surface area contributed by atoms with Crippen LogP contribution in [0.5, 0.6) is 0 Å². The minimum absolute atomic E-state index is 0.421. The fourth-order valence-electron chi connectivity index (χ4n) is 2.88. The highest BCUT2D eigenvalue weighted by Gasteiger charge is 2.21. The molecule has 0 radical (unpaired) electrons. The molecule has 2 rings (SSSR count). The summed E-state index contributed by atoms with van der Waals surface area (Å²) in [6, 6.07) is 11.1. The molecule has 130 valence electrons. The number of hydrogen-bond acceptors (Lipinski definition) is 3. The van der Waals surface area contributed by atoms with Crippen molar-refractivity contribution in [2.75, 3.05) is 50.7 Å². The Morgan fingerprint density at radius 3 is 2.54 bits per heavy atom. The highest BCUT2D eigenvalue weighted by Crippen LogP contribution is 2.16. The van der Waals surface area contributed by atoms with Crippen molar-refractivity contribution in [2.45, 2.75) is 19.9 Å². The lowest BCUT2D eigenvalue weighted by Crippen LogP contribution is -2.50. The molecule has 1 aliphatic rings. The van der Waals surface area contributed by atoms with Gasteiger partial charge in [0.15, 0.2) is 5.96 Å². The van der Waals surface area contributed by atoms with E-state index in [1.807, 2.05) is 0 Å². The van der Waals surface area contributed by atoms with Crippen molar-refractivity contribution in [3.8, 4) is 12.3 Å². The molecule has 5 nitrogen and oxygen atoms in total. The van der Waals surface area contributed by atoms with E-state index in [1.165, 1.54) is 5.69 Å². The number of hydrogen-bond donors (Lipinski definition) is 2. The Balaban J connectivity index is 1.81. The number of anilines is 1. The van der Waals surface area contributed by atoms with E-state index < -0.39 is 0 Å². The van der Waals surface area contributed by atoms with Gasteiger partial charge in [-0.3, -0.25) is 9.89 Å². The van der Waals surface area contributed by atoms with Gasteiger partial charge in [0.2, 0.25) is 0 Å². The summed E-state index contributed by atoms with van der Waals surface area (Å²) in [6.45, 7) is 10.7. The summed E-state index contributed by atoms with van der Waals surface area (Å²) in [5, 5.41) is 6.35. The van der Waals surface area contributed by atoms with E-state index in [2.05, 4.69) is 75.5 Å². The van der Waals surface area contributed by atoms with Gasteiger partial charge in [0.25, 0.3) is 0 Å². The van der Waals surface area contributed by atoms with Gasteiger partial charge in [0, 0.05) is 44.5 Å². The maximum atomic E-state index is 5.30. The van der Waals surface area contributed by atoms with Crippen molar-refractivity contribution < 1.29 is 0 Å². The molecule has 2 N–H and O–H groups in total. The predicted octanol–water partition coefficient (Wildman–Crippen LogP) is 1.39. The van der Waals surface area contributed by atoms with E-state index in [1.54, 1.807) is 0 Å². The lowest BCUT2D eigenvalue weighted by Gasteiger charge is -2.38. The fourth-order valence-corrected chi connectivity index (χ4v) is 2.88. The van der Waals surface area contributed by atoms with Crippen LogP contribution in [0.25, 0.3) is 0 Å². The van der Waals surface area contributed by atoms with Crippen LogP contribution in [0.1, 0.15) is 13.8 Å². The van der Waals surface area contributed by atoms with E-state index >= 15 is 0 Å². The van der Waals surface area contributed by atoms with Gasteiger partial charge in [0.05, 0.1) is 13.1 Å². The fraction of sp³-hybridized carbons (Fsp3) is 0.526. The van der Waals surface area contributed by atoms with E-state index in [0.717, 1.165) is 45.2 Å². The topological polar surface area (TPSA) is 42.9 Å². The SMILES string of the molecule is C#CCNC(=NCC(C)N1CCN(c2ccccc2)CC1)NCC. The van der Waals surface area contributed by atoms with Crippen molar-refractivity contribution in [1.82, 2.24) is 15.5 Å². The maximum Gasteiger partial charge on any atom is 0.192 e. The zero-order valence-corrected chi connectivity index (χ0v) is 14.8. The van der Waals surface area contributed by atoms with Crippen molar-refractivity contribution >= 4 is 11.6 Å². The minimum Gasteiger partial charge on any atom is -0.369 e. The maximum absolute atomic E-state index is 5.30. The van der Waals surface area contributed by atoms with Crippen LogP contribution >= 0.6 is 0 Å². The summed E-state index contributed by atoms with van der Waals surface area (Å²) in [4.78, 5) is 9.60. The van der Waals surface area contributed by atoms with Crippen molar-refractivity contribution in [1.29, 1.82) is 0 Å². The third kappa shape index (κ3) is 5.47. The van der Waals surface area contributed by atoms with E-state index in [-0.39, 0.29) is 0 Å². The third-order valence-corrected chi connectivity index (χ3v) is 4.27. The van der Waals surface area contributed by atoms with Gasteiger partial charge < -0.3 is 15.5 Å². The van der Waals surface area contributed by atoms with Crippen LogP contribution in [-0.4, -0.2) is 62.7 Å². The summed E-state index contributed by atoms with van der Waals surface area (Å²) in [5.41, 5.74) is 1.32. The van der Waals surface area contributed by atoms with Crippen LogP contribution < -0.4 is 15.5 Å². The van der Waals surface area contributed by atoms with Crippen LogP contribution in [-0.2, 0) is 0 Å². The van der Waals surface area contributed by atoms with Gasteiger partial charge >= 0.3 is 0 Å². The molecular formula is C19H29N5. The number of guanidine groups is 1. The summed E-state index contributed by atoms with van der Waals surface area (Å²) in [5.74, 6) is 3.38. The molecule has 0 aromatic heterocycles. The molecule has 0 amide bonds. The van der Waals surface area contributed by atoms with Crippen LogP contribution in [0, 0.1) is 12.3 Å². The summed E-state index contributed by atoms with van der Waals surface area (Å²) >= 11 is 0. The molecule has 1 saturated heterocycles. The number of rotatable bonds is 6. The van der Waals surface area contributed by atoms with Crippen molar-refractivity contribution in [2.24, 2.45) is 4.99 Å². The summed E-state index contributed by atoms with van der Waals surface area (Å²) in [7, 11) is 0. The number of benzene rings is 1. The third-order valence-electron chi connectivity index (χ3n) is 4.27. The molecule has 24 heavy (non-hydrogen) atoms. The molecule has 1 heterocycles. The van der Waals surface area contributed by atoms with E-state index in [4.69, 9.17) is 6.42 Å². The first-order valence-electron chi connectivity index (χ1n) is 8.74. The predicted molar refractivity (Wildman–Crippen MR) is 103 cm³/mol. The number of aliphatic imine (C=N–C) groups is 1. The molecule has 0 saturated carbocycles. The highest BCUT2D eigenvalue weighted by atomic mass is 15.3. The first-order chi connectivity index (χ1) is 11.7. The molecule has 0 bridgehead atoms. The molecule has 1 aromatic carbocycles. The van der Waals surface area contributed by atoms with Gasteiger partial charge in [-0.15, -0.1) is 6.42 Å². The Hall–Kier alpha value is -2.19. The average molecular weight is 327 g/mol. The van der Waals surface area contributed by atoms with Crippen molar-refractivity contribution in [3.05, 3.63) is 30.3 Å². The lowest BCUT2D eigenvalue weighted by atomic mass is 10.2. The zero-order chi connectivity index (χ0) is 17.2. The summed E-state index contributed by atoms with van der Waals surface area (Å²) in [6.07, 6.45) is 5.30. The van der Waals surface area contributed by atoms with Crippen LogP contribution in [0.15, 0.2) is 35.3 Å². The second-order valence-corrected chi connectivity index (χ2v) is 5.98. The highest BCUT2D eigenvalue weighted by molar-refractivity contribution is 5.80. The molecule has 1 unspecified atom stereocenters. The Morgan fingerprint density at radius 1 is 1.21 bits per heavy atom. The quantitative estimate of drug-likeness (QED) is 0.471. The molecule has 0 spiro atoms. The first-order valence-corrected chi connectivity index (χ1v) is 8.74. The molecule has 1 aromatic rings. The van der Waals surface area contributed by atoms with Crippen LogP contribution in [0.2, 0.25) is 0 Å². The monoisotopic (exact) mass is 327 g/mol. The molecule has 1 fully saturated rings. The summed E-state index contributed by atoms with van der Waals surface area (Å²) < 4.78 is 0. The van der Waals surface area contributed by atoms with Crippen molar-refractivity contribution in [3.63, 3.8) is 0 Å². The second kappa shape index (κ2) is 9.84. The van der Waals surface area contributed by atoms with Gasteiger partial charge in [-0.1, -0.05) is 24.1 Å². The first kappa shape index (κ1) is 18.2. The van der Waals surface area contributed by atoms with Gasteiger partial charge in [-0.2, -0.15) is 0 Å². The standard InChI is InChI=1S/C19H29N5/c1-4-11-21-19(20-5-2)22-16-17(3)23-12-14-24(15-13-23)18-9-7-6-8-10-18/h1,6-10,17H,5,11-16H2,2-3H3,(H2,20,21,22). The smallest absolute Gasteiger partial charge is 0.192 e. The Kier molecular flexibility index (Phi) is 7.44. The molecule has 0 aliphatic carbocycles. The lowest BCUT2D eigenvalue weighted by molar-refractivity contribution is 0.201. The number of terminal acetylenes is 1. The minimum atomic E-state index is 0.421. The number of nitrogens with zero attached hydrogens (tertiary/aromatic N) is 3. The molecular weight excluding hydrogens is 298 g/mol. The normalized spacial score (nSPS) is 17.2. The van der Waals surface area contributed by atoms with E-state index in [9.17, 15) is 0 Å². The van der Waals surface area contributed by atoms with Gasteiger partial charge in [0.1, 0.15) is 0 Å². The molecule has 5 heteroatoms. The largest absolute Gasteiger partial charge is 0.369 e. The zero-order valence-electron chi connectivity index (χ0n) is 14.8. The average Bonchev–Trinajstić information content (AvgIpc) is 2.64. The molecule has 1 aliphatic heterocycles. The van der Waals surface area contributed by atoms with Gasteiger partial charge in [-0.05, 0) is 26.0 Å². The van der Waals surface area contributed by atoms with Crippen LogP contribution in [0.4, 0.5) is 5.69 Å². The van der Waals surface area contributed by atoms with Gasteiger partial charge in [-0.25, -0.2) is 0 Å². The Morgan fingerprint density at radius 2 is 1.92 bits per heavy atom. The Bertz CT molecular complexity index is 541. The molecule has 1 atom stereocenters.